The van der Waals surface area contributed by atoms with Crippen molar-refractivity contribution in [1.29, 1.82) is 5.26 Å². The maximum absolute atomic E-state index is 8.23. The molecule has 0 radical (unpaired) electrons. The van der Waals surface area contributed by atoms with Crippen molar-refractivity contribution >= 4 is 10.9 Å². The Labute approximate surface area is 86.9 Å². The molecule has 2 rings (SSSR count). The van der Waals surface area contributed by atoms with Crippen molar-refractivity contribution in [2.45, 2.75) is 0 Å². The summed E-state index contributed by atoms with van der Waals surface area (Å²) in [6.07, 6.45) is 7.51. The van der Waals surface area contributed by atoms with Crippen molar-refractivity contribution < 1.29 is 0 Å². The van der Waals surface area contributed by atoms with Gasteiger partial charge in [-0.3, -0.25) is 4.98 Å². The molecule has 0 aromatic carbocycles. The molecule has 2 nitrogen and oxygen atoms in total. The highest BCUT2D eigenvalue weighted by Gasteiger charge is 1.94. The summed E-state index contributed by atoms with van der Waals surface area (Å²) in [5, 5.41) is 12.4. The molecular formula is C11H12N2S. The van der Waals surface area contributed by atoms with Gasteiger partial charge < -0.3 is 0 Å². The number of pyridine rings is 1. The predicted molar refractivity (Wildman–Crippen MR) is 62.0 cm³/mol. The zero-order chi connectivity index (χ0) is 10.1. The second kappa shape index (κ2) is 6.93. The number of thiol groups is 1. The van der Waals surface area contributed by atoms with Crippen LogP contribution < -0.4 is 0 Å². The third-order valence-corrected chi connectivity index (χ3v) is 3.10. The normalized spacial score (nSPS) is 14.4. The van der Waals surface area contributed by atoms with Crippen LogP contribution in [0.15, 0.2) is 53.6 Å². The monoisotopic (exact) mass is 204 g/mol. The SMILES string of the molecule is N#CC[SH]1C=CC=C1.c1ccncc1. The van der Waals surface area contributed by atoms with Gasteiger partial charge in [-0.05, 0) is 22.9 Å². The van der Waals surface area contributed by atoms with E-state index in [2.05, 4.69) is 21.9 Å². The second-order valence-electron chi connectivity index (χ2n) is 2.54. The molecule has 72 valence electrons. The van der Waals surface area contributed by atoms with E-state index in [1.54, 1.807) is 12.4 Å². The molecule has 1 aromatic heterocycles. The Morgan fingerprint density at radius 2 is 1.71 bits per heavy atom. The van der Waals surface area contributed by atoms with E-state index in [1.165, 1.54) is 0 Å². The largest absolute Gasteiger partial charge is 0.265 e. The summed E-state index contributed by atoms with van der Waals surface area (Å²) < 4.78 is 0. The lowest BCUT2D eigenvalue weighted by atomic mass is 10.5. The number of rotatable bonds is 1. The first-order valence-corrected chi connectivity index (χ1v) is 5.92. The summed E-state index contributed by atoms with van der Waals surface area (Å²) in [5.41, 5.74) is 0. The Morgan fingerprint density at radius 1 is 1.07 bits per heavy atom. The van der Waals surface area contributed by atoms with Crippen LogP contribution >= 0.6 is 10.9 Å². The van der Waals surface area contributed by atoms with Gasteiger partial charge >= 0.3 is 0 Å². The van der Waals surface area contributed by atoms with Gasteiger partial charge in [-0.2, -0.15) is 5.26 Å². The first kappa shape index (κ1) is 10.6. The Hall–Kier alpha value is -1.53. The van der Waals surface area contributed by atoms with Gasteiger partial charge in [-0.1, -0.05) is 18.2 Å². The van der Waals surface area contributed by atoms with Gasteiger partial charge in [0.15, 0.2) is 0 Å². The van der Waals surface area contributed by atoms with Crippen molar-refractivity contribution in [2.24, 2.45) is 0 Å². The predicted octanol–water partition coefficient (Wildman–Crippen LogP) is 2.63. The molecular weight excluding hydrogens is 192 g/mol. The van der Waals surface area contributed by atoms with Gasteiger partial charge in [0.25, 0.3) is 0 Å². The summed E-state index contributed by atoms with van der Waals surface area (Å²) >= 11 is 0. The lowest BCUT2D eigenvalue weighted by molar-refractivity contribution is 1.33. The topological polar surface area (TPSA) is 36.7 Å². The molecule has 0 saturated carbocycles. The standard InChI is InChI=1S/C6H7NS.C5H5N/c7-3-6-8-4-1-2-5-8;1-2-4-6-5-3-1/h1-2,4-5,8H,6H2;1-5H. The van der Waals surface area contributed by atoms with Gasteiger partial charge in [0.1, 0.15) is 0 Å². The molecule has 3 heteroatoms. The van der Waals surface area contributed by atoms with E-state index in [1.807, 2.05) is 30.4 Å². The van der Waals surface area contributed by atoms with Crippen LogP contribution in [0.1, 0.15) is 0 Å². The number of allylic oxidation sites excluding steroid dienone is 2. The smallest absolute Gasteiger partial charge is 0.0719 e. The van der Waals surface area contributed by atoms with Gasteiger partial charge in [-0.15, -0.1) is 0 Å². The van der Waals surface area contributed by atoms with E-state index < -0.39 is 0 Å². The molecule has 0 amide bonds. The lowest BCUT2D eigenvalue weighted by Crippen LogP contribution is -1.71. The molecule has 0 atom stereocenters. The van der Waals surface area contributed by atoms with Crippen LogP contribution in [0.4, 0.5) is 0 Å². The molecule has 0 fully saturated rings. The minimum absolute atomic E-state index is 0.167. The van der Waals surface area contributed by atoms with E-state index in [0.29, 0.717) is 5.75 Å². The number of nitriles is 1. The molecule has 0 N–H and O–H groups in total. The van der Waals surface area contributed by atoms with Gasteiger partial charge in [0.05, 0.1) is 11.8 Å². The fraction of sp³-hybridized carbons (Fsp3) is 0.0909. The molecule has 0 bridgehead atoms. The molecule has 1 aliphatic heterocycles. The highest BCUT2D eigenvalue weighted by atomic mass is 32.2. The van der Waals surface area contributed by atoms with E-state index in [9.17, 15) is 0 Å². The van der Waals surface area contributed by atoms with Crippen LogP contribution in [0, 0.1) is 11.3 Å². The second-order valence-corrected chi connectivity index (χ2v) is 4.48. The van der Waals surface area contributed by atoms with Crippen molar-refractivity contribution in [3.8, 4) is 6.07 Å². The van der Waals surface area contributed by atoms with Gasteiger partial charge in [0.2, 0.25) is 0 Å². The maximum Gasteiger partial charge on any atom is 0.0719 e. The zero-order valence-corrected chi connectivity index (χ0v) is 8.64. The summed E-state index contributed by atoms with van der Waals surface area (Å²) in [6.45, 7) is 0. The van der Waals surface area contributed by atoms with Crippen molar-refractivity contribution in [3.63, 3.8) is 0 Å². The van der Waals surface area contributed by atoms with Crippen LogP contribution in [0.2, 0.25) is 0 Å². The highest BCUT2D eigenvalue weighted by molar-refractivity contribution is 8.22. The number of hydrogen-bond donors (Lipinski definition) is 1. The fourth-order valence-corrected chi connectivity index (χ4v) is 1.98. The molecule has 14 heavy (non-hydrogen) atoms. The Morgan fingerprint density at radius 3 is 2.07 bits per heavy atom. The van der Waals surface area contributed by atoms with Gasteiger partial charge in [-0.25, -0.2) is 10.9 Å². The van der Waals surface area contributed by atoms with E-state index in [4.69, 9.17) is 5.26 Å². The first-order chi connectivity index (χ1) is 6.93. The van der Waals surface area contributed by atoms with Crippen LogP contribution in [-0.4, -0.2) is 10.7 Å². The number of aromatic nitrogens is 1. The van der Waals surface area contributed by atoms with Crippen LogP contribution in [0.5, 0.6) is 0 Å². The quantitative estimate of drug-likeness (QED) is 0.714. The van der Waals surface area contributed by atoms with Crippen LogP contribution in [0.3, 0.4) is 0 Å². The molecule has 0 spiro atoms. The zero-order valence-electron chi connectivity index (χ0n) is 7.74. The minimum atomic E-state index is -0.167. The molecule has 0 unspecified atom stereocenters. The fourth-order valence-electron chi connectivity index (χ4n) is 0.870. The molecule has 2 heterocycles. The van der Waals surface area contributed by atoms with E-state index in [0.717, 1.165) is 0 Å². The first-order valence-electron chi connectivity index (χ1n) is 4.26. The van der Waals surface area contributed by atoms with Gasteiger partial charge in [0, 0.05) is 12.4 Å². The minimum Gasteiger partial charge on any atom is -0.265 e. The van der Waals surface area contributed by atoms with Crippen LogP contribution in [0.25, 0.3) is 0 Å². The summed E-state index contributed by atoms with van der Waals surface area (Å²) in [4.78, 5) is 3.78. The van der Waals surface area contributed by atoms with Crippen molar-refractivity contribution in [2.75, 3.05) is 5.75 Å². The van der Waals surface area contributed by atoms with Crippen molar-refractivity contribution in [3.05, 3.63) is 53.6 Å². The van der Waals surface area contributed by atoms with E-state index >= 15 is 0 Å². The Bertz CT molecular complexity index is 299. The summed E-state index contributed by atoms with van der Waals surface area (Å²) in [5.74, 6) is 0.683. The third-order valence-electron chi connectivity index (χ3n) is 1.49. The molecule has 1 aromatic rings. The highest BCUT2D eigenvalue weighted by Crippen LogP contribution is 2.31. The molecule has 0 saturated heterocycles. The maximum atomic E-state index is 8.23. The summed E-state index contributed by atoms with van der Waals surface area (Å²) in [6, 6.07) is 7.85. The number of nitrogens with zero attached hydrogens (tertiary/aromatic N) is 2. The molecule has 0 aliphatic carbocycles. The third kappa shape index (κ3) is 4.48. The summed E-state index contributed by atoms with van der Waals surface area (Å²) in [7, 11) is -0.167. The van der Waals surface area contributed by atoms with Crippen molar-refractivity contribution in [1.82, 2.24) is 4.98 Å². The van der Waals surface area contributed by atoms with E-state index in [-0.39, 0.29) is 10.9 Å². The average Bonchev–Trinajstić information content (AvgIpc) is 2.75. The Kier molecular flexibility index (Phi) is 5.22. The molecule has 1 aliphatic rings. The number of hydrogen-bond acceptors (Lipinski definition) is 2. The average molecular weight is 204 g/mol. The Balaban J connectivity index is 0.000000146. The van der Waals surface area contributed by atoms with Crippen LogP contribution in [-0.2, 0) is 0 Å². The lowest BCUT2D eigenvalue weighted by Gasteiger charge is -1.99.